The Morgan fingerprint density at radius 3 is 2.54 bits per heavy atom. The Labute approximate surface area is 229 Å². The number of aliphatic hydroxyl groups is 1. The van der Waals surface area contributed by atoms with Crippen molar-refractivity contribution in [2.24, 2.45) is 5.73 Å². The predicted octanol–water partition coefficient (Wildman–Crippen LogP) is 1.93. The topological polar surface area (TPSA) is 100 Å². The van der Waals surface area contributed by atoms with E-state index < -0.39 is 0 Å². The molecule has 0 aliphatic carbocycles. The number of aromatic nitrogens is 2. The highest BCUT2D eigenvalue weighted by molar-refractivity contribution is 5.75. The van der Waals surface area contributed by atoms with Gasteiger partial charge in [0.1, 0.15) is 17.3 Å². The van der Waals surface area contributed by atoms with Crippen molar-refractivity contribution < 1.29 is 9.50 Å². The van der Waals surface area contributed by atoms with Crippen LogP contribution in [0.5, 0.6) is 0 Å². The molecule has 3 fully saturated rings. The number of hydrogen-bond donors (Lipinski definition) is 2. The molecule has 3 saturated heterocycles. The molecule has 3 aliphatic heterocycles. The third-order valence-corrected chi connectivity index (χ3v) is 8.39. The molecule has 0 radical (unpaired) electrons. The molecule has 3 aliphatic rings. The van der Waals surface area contributed by atoms with Gasteiger partial charge in [0.25, 0.3) is 0 Å². The fourth-order valence-electron chi connectivity index (χ4n) is 6.40. The van der Waals surface area contributed by atoms with E-state index in [1.165, 1.54) is 22.0 Å². The average Bonchev–Trinajstić information content (AvgIpc) is 3.58. The van der Waals surface area contributed by atoms with Crippen LogP contribution in [0.25, 0.3) is 5.52 Å². The van der Waals surface area contributed by atoms with Crippen molar-refractivity contribution in [3.05, 3.63) is 59.7 Å². The number of piperazine rings is 2. The first-order valence-corrected chi connectivity index (χ1v) is 13.8. The van der Waals surface area contributed by atoms with Gasteiger partial charge in [-0.3, -0.25) is 4.90 Å². The van der Waals surface area contributed by atoms with Crippen molar-refractivity contribution in [3.8, 4) is 6.07 Å². The molecule has 1 aromatic carbocycles. The minimum atomic E-state index is -0.383. The van der Waals surface area contributed by atoms with Crippen LogP contribution in [0.4, 0.5) is 15.8 Å². The zero-order valence-electron chi connectivity index (χ0n) is 22.9. The van der Waals surface area contributed by atoms with Crippen molar-refractivity contribution in [2.75, 3.05) is 69.3 Å². The summed E-state index contributed by atoms with van der Waals surface area (Å²) in [6.45, 7) is 10.1. The first-order chi connectivity index (χ1) is 19.0. The maximum Gasteiger partial charge on any atom is 0.171 e. The van der Waals surface area contributed by atoms with E-state index in [4.69, 9.17) is 10.8 Å². The van der Waals surface area contributed by atoms with Crippen molar-refractivity contribution in [2.45, 2.75) is 37.9 Å². The second-order valence-corrected chi connectivity index (χ2v) is 10.8. The van der Waals surface area contributed by atoms with Gasteiger partial charge in [0.15, 0.2) is 5.82 Å². The molecule has 0 amide bonds. The van der Waals surface area contributed by atoms with Crippen LogP contribution >= 0.6 is 0 Å². The average molecular weight is 535 g/mol. The van der Waals surface area contributed by atoms with Crippen LogP contribution in [0.1, 0.15) is 24.6 Å². The maximum atomic E-state index is 14.7. The molecule has 208 valence electrons. The number of nitriles is 1. The molecule has 39 heavy (non-hydrogen) atoms. The maximum absolute atomic E-state index is 14.7. The number of halogens is 1. The van der Waals surface area contributed by atoms with Gasteiger partial charge in [0.2, 0.25) is 0 Å². The summed E-state index contributed by atoms with van der Waals surface area (Å²) in [6, 6.07) is 15.8. The fourth-order valence-corrected chi connectivity index (χ4v) is 6.40. The van der Waals surface area contributed by atoms with Gasteiger partial charge in [-0.05, 0) is 49.6 Å². The predicted molar refractivity (Wildman–Crippen MR) is 152 cm³/mol. The Bertz CT molecular complexity index is 1310. The molecular weight excluding hydrogens is 495 g/mol. The number of nitrogens with two attached hydrogens (primary N) is 1. The van der Waals surface area contributed by atoms with Crippen molar-refractivity contribution in [3.63, 3.8) is 0 Å². The Morgan fingerprint density at radius 2 is 1.82 bits per heavy atom. The van der Waals surface area contributed by atoms with Crippen LogP contribution in [0.15, 0.2) is 42.6 Å². The molecule has 0 saturated carbocycles. The van der Waals surface area contributed by atoms with Crippen molar-refractivity contribution in [1.82, 2.24) is 19.4 Å². The molecular formula is C29H39FN8O. The van der Waals surface area contributed by atoms with Gasteiger partial charge in [0, 0.05) is 83.3 Å². The van der Waals surface area contributed by atoms with Crippen LogP contribution in [-0.2, 0) is 6.42 Å². The summed E-state index contributed by atoms with van der Waals surface area (Å²) in [4.78, 5) is 9.83. The highest BCUT2D eigenvalue weighted by Crippen LogP contribution is 2.30. The van der Waals surface area contributed by atoms with Crippen molar-refractivity contribution in [1.29, 1.82) is 5.26 Å². The van der Waals surface area contributed by atoms with E-state index in [0.29, 0.717) is 29.3 Å². The van der Waals surface area contributed by atoms with Crippen LogP contribution in [-0.4, -0.2) is 102 Å². The summed E-state index contributed by atoms with van der Waals surface area (Å²) in [5.41, 5.74) is 10.3. The summed E-state index contributed by atoms with van der Waals surface area (Å²) in [5, 5.41) is 20.5. The minimum absolute atomic E-state index is 0.291. The number of nitrogens with zero attached hydrogens (tertiary/aromatic N) is 7. The summed E-state index contributed by atoms with van der Waals surface area (Å²) in [7, 11) is 1.00. The molecule has 3 aromatic rings. The van der Waals surface area contributed by atoms with Gasteiger partial charge in [-0.15, -0.1) is 0 Å². The molecule has 10 heteroatoms. The van der Waals surface area contributed by atoms with Crippen LogP contribution in [0.2, 0.25) is 0 Å². The molecule has 2 aromatic heterocycles. The summed E-state index contributed by atoms with van der Waals surface area (Å²) >= 11 is 0. The minimum Gasteiger partial charge on any atom is -0.400 e. The van der Waals surface area contributed by atoms with E-state index in [1.807, 2.05) is 6.07 Å². The van der Waals surface area contributed by atoms with Crippen LogP contribution in [0.3, 0.4) is 0 Å². The molecule has 0 spiro atoms. The highest BCUT2D eigenvalue weighted by Gasteiger charge is 2.37. The lowest BCUT2D eigenvalue weighted by atomic mass is 10.0. The lowest BCUT2D eigenvalue weighted by molar-refractivity contribution is 0.0356. The number of aliphatic hydroxyl groups excluding tert-OH is 1. The normalized spacial score (nSPS) is 23.8. The number of rotatable bonds is 5. The number of hydrogen-bond acceptors (Lipinski definition) is 8. The zero-order valence-corrected chi connectivity index (χ0v) is 22.9. The Balaban J connectivity index is 0.00000151. The van der Waals surface area contributed by atoms with Gasteiger partial charge in [-0.2, -0.15) is 10.4 Å². The smallest absolute Gasteiger partial charge is 0.171 e. The number of benzene rings is 1. The van der Waals surface area contributed by atoms with E-state index in [-0.39, 0.29) is 5.82 Å². The second-order valence-electron chi connectivity index (χ2n) is 10.8. The van der Waals surface area contributed by atoms with Crippen molar-refractivity contribution >= 4 is 16.9 Å². The second kappa shape index (κ2) is 11.9. The number of anilines is 2. The van der Waals surface area contributed by atoms with Gasteiger partial charge < -0.3 is 25.5 Å². The third-order valence-electron chi connectivity index (χ3n) is 8.39. The van der Waals surface area contributed by atoms with Gasteiger partial charge in [-0.1, -0.05) is 12.1 Å². The summed E-state index contributed by atoms with van der Waals surface area (Å²) < 4.78 is 16.1. The fraction of sp³-hybridized carbons (Fsp3) is 0.517. The van der Waals surface area contributed by atoms with Crippen LogP contribution < -0.4 is 15.5 Å². The molecule has 3 unspecified atom stereocenters. The lowest BCUT2D eigenvalue weighted by Crippen LogP contribution is -2.65. The standard InChI is InChI=1S/C28H35FN8.CH4O/c1-20-16-35(27-7-6-24(14-30)37-28(27)26(29)15-32-37)19-25-18-33(12-13-36(20)25)10-8-21-2-4-23(5-3-21)34-11-9-22(31)17-34;1-2/h2-7,15,20,22,25H,8-13,16-19,31H2,1H3;2H,1H3. The highest BCUT2D eigenvalue weighted by atomic mass is 19.1. The molecule has 0 bridgehead atoms. The molecule has 5 heterocycles. The van der Waals surface area contributed by atoms with E-state index in [2.05, 4.69) is 62.0 Å². The quantitative estimate of drug-likeness (QED) is 0.512. The number of pyridine rings is 1. The summed E-state index contributed by atoms with van der Waals surface area (Å²) in [6.07, 6.45) is 3.30. The summed E-state index contributed by atoms with van der Waals surface area (Å²) in [5.74, 6) is -0.383. The first-order valence-electron chi connectivity index (χ1n) is 13.8. The monoisotopic (exact) mass is 534 g/mol. The van der Waals surface area contributed by atoms with Crippen LogP contribution in [0, 0.1) is 17.1 Å². The number of fused-ring (bicyclic) bond motifs is 2. The van der Waals surface area contributed by atoms with Gasteiger partial charge in [-0.25, -0.2) is 8.91 Å². The Morgan fingerprint density at radius 1 is 1.03 bits per heavy atom. The molecule has 9 nitrogen and oxygen atoms in total. The van der Waals surface area contributed by atoms with E-state index in [1.54, 1.807) is 6.07 Å². The molecule has 3 N–H and O–H groups in total. The molecule has 3 atom stereocenters. The first kappa shape index (κ1) is 27.3. The SMILES string of the molecule is CC1CN(c2ccc(C#N)n3ncc(F)c23)CC2CN(CCc3ccc(N4CCC(N)C4)cc3)CCN12.CO. The van der Waals surface area contributed by atoms with Gasteiger partial charge >= 0.3 is 0 Å². The molecule has 6 rings (SSSR count). The largest absolute Gasteiger partial charge is 0.400 e. The van der Waals surface area contributed by atoms with Gasteiger partial charge in [0.05, 0.1) is 11.9 Å². The van der Waals surface area contributed by atoms with E-state index in [9.17, 15) is 9.65 Å². The lowest BCUT2D eigenvalue weighted by Gasteiger charge is -2.51. The van der Waals surface area contributed by atoms with E-state index in [0.717, 1.165) is 78.0 Å². The Kier molecular flexibility index (Phi) is 8.33. The third kappa shape index (κ3) is 5.58. The Hall–Kier alpha value is -3.23. The zero-order chi connectivity index (χ0) is 27.5. The van der Waals surface area contributed by atoms with E-state index >= 15 is 0 Å².